The molecule has 0 unspecified atom stereocenters. The summed E-state index contributed by atoms with van der Waals surface area (Å²) in [6.07, 6.45) is 3.56. The zero-order valence-electron chi connectivity index (χ0n) is 15.0. The van der Waals surface area contributed by atoms with Crippen molar-refractivity contribution in [1.82, 2.24) is 9.97 Å². The summed E-state index contributed by atoms with van der Waals surface area (Å²) >= 11 is 0. The number of ketones is 1. The monoisotopic (exact) mass is 360 g/mol. The molecule has 0 spiro atoms. The summed E-state index contributed by atoms with van der Waals surface area (Å²) in [6.45, 7) is 0. The van der Waals surface area contributed by atoms with Gasteiger partial charge in [0.25, 0.3) is 0 Å². The molecule has 0 bridgehead atoms. The SMILES string of the molecule is O=C1c2ccccc2-c2ncccc21.c1ccc2c(c1)ccc1cccnc12. The van der Waals surface area contributed by atoms with Crippen molar-refractivity contribution in [3.63, 3.8) is 0 Å². The van der Waals surface area contributed by atoms with Crippen LogP contribution in [0, 0.1) is 0 Å². The molecule has 2 aromatic heterocycles. The summed E-state index contributed by atoms with van der Waals surface area (Å²) in [7, 11) is 0. The topological polar surface area (TPSA) is 42.9 Å². The molecular weight excluding hydrogens is 344 g/mol. The van der Waals surface area contributed by atoms with Crippen LogP contribution in [-0.2, 0) is 0 Å². The largest absolute Gasteiger partial charge is 0.289 e. The Morgan fingerprint density at radius 2 is 1.18 bits per heavy atom. The van der Waals surface area contributed by atoms with E-state index in [2.05, 4.69) is 52.4 Å². The van der Waals surface area contributed by atoms with Crippen LogP contribution < -0.4 is 0 Å². The van der Waals surface area contributed by atoms with E-state index in [0.29, 0.717) is 5.56 Å². The molecule has 2 heterocycles. The lowest BCUT2D eigenvalue weighted by molar-refractivity contribution is 0.104. The number of carbonyl (C=O) groups is 1. The van der Waals surface area contributed by atoms with Gasteiger partial charge in [-0.2, -0.15) is 0 Å². The molecule has 0 radical (unpaired) electrons. The minimum Gasteiger partial charge on any atom is -0.289 e. The van der Waals surface area contributed by atoms with Crippen LogP contribution in [0.5, 0.6) is 0 Å². The van der Waals surface area contributed by atoms with E-state index >= 15 is 0 Å². The number of hydrogen-bond donors (Lipinski definition) is 0. The van der Waals surface area contributed by atoms with Gasteiger partial charge in [-0.1, -0.05) is 66.7 Å². The molecule has 6 rings (SSSR count). The van der Waals surface area contributed by atoms with E-state index in [4.69, 9.17) is 0 Å². The van der Waals surface area contributed by atoms with E-state index in [0.717, 1.165) is 22.3 Å². The zero-order valence-corrected chi connectivity index (χ0v) is 15.0. The van der Waals surface area contributed by atoms with Crippen LogP contribution in [0.3, 0.4) is 0 Å². The van der Waals surface area contributed by atoms with Gasteiger partial charge in [0.2, 0.25) is 0 Å². The Hall–Kier alpha value is -3.85. The van der Waals surface area contributed by atoms with E-state index in [1.807, 2.05) is 42.6 Å². The van der Waals surface area contributed by atoms with Crippen LogP contribution >= 0.6 is 0 Å². The van der Waals surface area contributed by atoms with E-state index in [1.165, 1.54) is 16.2 Å². The molecule has 0 N–H and O–H groups in total. The molecule has 3 aromatic carbocycles. The Kier molecular flexibility index (Phi) is 3.91. The summed E-state index contributed by atoms with van der Waals surface area (Å²) in [5.74, 6) is 0.0868. The molecule has 3 heteroatoms. The minimum atomic E-state index is 0.0868. The summed E-state index contributed by atoms with van der Waals surface area (Å²) in [4.78, 5) is 20.5. The van der Waals surface area contributed by atoms with Gasteiger partial charge in [0.1, 0.15) is 0 Å². The first-order chi connectivity index (χ1) is 13.8. The molecule has 1 aliphatic rings. The highest BCUT2D eigenvalue weighted by Crippen LogP contribution is 2.33. The maximum Gasteiger partial charge on any atom is 0.195 e. The van der Waals surface area contributed by atoms with Gasteiger partial charge in [-0.15, -0.1) is 0 Å². The van der Waals surface area contributed by atoms with Gasteiger partial charge in [0.15, 0.2) is 5.78 Å². The van der Waals surface area contributed by atoms with Crippen molar-refractivity contribution in [2.45, 2.75) is 0 Å². The third kappa shape index (κ3) is 2.65. The second-order valence-corrected chi connectivity index (χ2v) is 6.64. The fourth-order valence-electron chi connectivity index (χ4n) is 3.65. The number of carbonyl (C=O) groups excluding carboxylic acids is 1. The van der Waals surface area contributed by atoms with E-state index in [9.17, 15) is 4.79 Å². The van der Waals surface area contributed by atoms with Gasteiger partial charge < -0.3 is 0 Å². The van der Waals surface area contributed by atoms with Gasteiger partial charge >= 0.3 is 0 Å². The number of hydrogen-bond acceptors (Lipinski definition) is 3. The lowest BCUT2D eigenvalue weighted by Gasteiger charge is -2.01. The number of rotatable bonds is 0. The van der Waals surface area contributed by atoms with Crippen LogP contribution in [0.2, 0.25) is 0 Å². The quantitative estimate of drug-likeness (QED) is 0.327. The fraction of sp³-hybridized carbons (Fsp3) is 0. The molecule has 132 valence electrons. The van der Waals surface area contributed by atoms with Crippen LogP contribution in [0.15, 0.2) is 97.3 Å². The Morgan fingerprint density at radius 1 is 0.536 bits per heavy atom. The van der Waals surface area contributed by atoms with Crippen molar-refractivity contribution >= 4 is 27.5 Å². The highest BCUT2D eigenvalue weighted by Gasteiger charge is 2.26. The van der Waals surface area contributed by atoms with Crippen LogP contribution in [0.1, 0.15) is 15.9 Å². The molecule has 0 saturated heterocycles. The molecular formula is C25H16N2O. The molecule has 3 nitrogen and oxygen atoms in total. The Labute approximate surface area is 162 Å². The van der Waals surface area contributed by atoms with Gasteiger partial charge in [0.05, 0.1) is 11.2 Å². The molecule has 5 aromatic rings. The summed E-state index contributed by atoms with van der Waals surface area (Å²) in [5.41, 5.74) is 4.33. The Balaban J connectivity index is 0.000000122. The first-order valence-corrected chi connectivity index (χ1v) is 9.14. The van der Waals surface area contributed by atoms with Crippen molar-refractivity contribution in [3.8, 4) is 11.3 Å². The van der Waals surface area contributed by atoms with Crippen molar-refractivity contribution in [2.75, 3.05) is 0 Å². The van der Waals surface area contributed by atoms with Gasteiger partial charge in [-0.25, -0.2) is 0 Å². The number of fused-ring (bicyclic) bond motifs is 6. The lowest BCUT2D eigenvalue weighted by Crippen LogP contribution is -1.94. The standard InChI is InChI=1S/C13H9N.C12H7NO/c1-2-6-12-10(4-1)7-8-11-5-3-9-14-13(11)12;14-12-9-5-2-1-4-8(9)11-10(12)6-3-7-13-11/h1-9H;1-7H. The fourth-order valence-corrected chi connectivity index (χ4v) is 3.65. The second-order valence-electron chi connectivity index (χ2n) is 6.64. The number of aromatic nitrogens is 2. The van der Waals surface area contributed by atoms with Crippen molar-refractivity contribution < 1.29 is 4.79 Å². The summed E-state index contributed by atoms with van der Waals surface area (Å²) in [6, 6.07) is 27.9. The van der Waals surface area contributed by atoms with Crippen molar-refractivity contribution in [1.29, 1.82) is 0 Å². The van der Waals surface area contributed by atoms with E-state index in [1.54, 1.807) is 12.3 Å². The molecule has 0 saturated carbocycles. The Bertz CT molecular complexity index is 1240. The van der Waals surface area contributed by atoms with Gasteiger partial charge in [0, 0.05) is 39.9 Å². The first-order valence-electron chi connectivity index (χ1n) is 9.14. The maximum atomic E-state index is 11.8. The maximum absolute atomic E-state index is 11.8. The molecule has 0 aliphatic heterocycles. The molecule has 28 heavy (non-hydrogen) atoms. The average Bonchev–Trinajstić information content (AvgIpc) is 3.07. The summed E-state index contributed by atoms with van der Waals surface area (Å²) in [5, 5.41) is 3.68. The zero-order chi connectivity index (χ0) is 18.9. The third-order valence-electron chi connectivity index (χ3n) is 4.98. The number of pyridine rings is 2. The van der Waals surface area contributed by atoms with Crippen molar-refractivity contribution in [2.24, 2.45) is 0 Å². The highest BCUT2D eigenvalue weighted by atomic mass is 16.1. The minimum absolute atomic E-state index is 0.0868. The van der Waals surface area contributed by atoms with Crippen molar-refractivity contribution in [3.05, 3.63) is 108 Å². The van der Waals surface area contributed by atoms with Gasteiger partial charge in [-0.05, 0) is 23.6 Å². The molecule has 1 aliphatic carbocycles. The molecule has 0 amide bonds. The second kappa shape index (κ2) is 6.71. The summed E-state index contributed by atoms with van der Waals surface area (Å²) < 4.78 is 0. The highest BCUT2D eigenvalue weighted by molar-refractivity contribution is 6.20. The van der Waals surface area contributed by atoms with E-state index in [-0.39, 0.29) is 5.78 Å². The lowest BCUT2D eigenvalue weighted by atomic mass is 10.1. The first kappa shape index (κ1) is 16.3. The predicted molar refractivity (Wildman–Crippen MR) is 112 cm³/mol. The van der Waals surface area contributed by atoms with Crippen LogP contribution in [0.4, 0.5) is 0 Å². The third-order valence-corrected chi connectivity index (χ3v) is 4.98. The van der Waals surface area contributed by atoms with Crippen LogP contribution in [0.25, 0.3) is 32.9 Å². The van der Waals surface area contributed by atoms with E-state index < -0.39 is 0 Å². The van der Waals surface area contributed by atoms with Crippen LogP contribution in [-0.4, -0.2) is 15.8 Å². The number of benzene rings is 3. The van der Waals surface area contributed by atoms with Gasteiger partial charge in [-0.3, -0.25) is 14.8 Å². The predicted octanol–water partition coefficient (Wildman–Crippen LogP) is 5.68. The smallest absolute Gasteiger partial charge is 0.195 e. The average molecular weight is 360 g/mol. The molecule has 0 fully saturated rings. The Morgan fingerprint density at radius 3 is 2.11 bits per heavy atom. The number of nitrogens with zero attached hydrogens (tertiary/aromatic N) is 2. The molecule has 0 atom stereocenters. The normalized spacial score (nSPS) is 11.6.